The molecule has 8 nitrogen and oxygen atoms in total. The van der Waals surface area contributed by atoms with Gasteiger partial charge in [-0.05, 0) is 42.5 Å². The summed E-state index contributed by atoms with van der Waals surface area (Å²) in [6.45, 7) is -0.247. The van der Waals surface area contributed by atoms with Crippen molar-refractivity contribution in [2.24, 2.45) is 0 Å². The normalized spacial score (nSPS) is 10.4. The van der Waals surface area contributed by atoms with Crippen LogP contribution < -0.4 is 24.8 Å². The molecule has 1 heterocycles. The molecule has 0 unspecified atom stereocenters. The third-order valence-corrected chi connectivity index (χ3v) is 5.01. The van der Waals surface area contributed by atoms with Gasteiger partial charge in [-0.2, -0.15) is 0 Å². The molecule has 0 aliphatic heterocycles. The molecule has 0 radical (unpaired) electrons. The van der Waals surface area contributed by atoms with Crippen molar-refractivity contribution in [2.45, 2.75) is 0 Å². The fourth-order valence-corrected chi connectivity index (χ4v) is 3.35. The number of aromatic nitrogens is 1. The second kappa shape index (κ2) is 10.4. The number of hydrogen-bond donors (Lipinski definition) is 2. The van der Waals surface area contributed by atoms with E-state index in [0.717, 1.165) is 10.9 Å². The first kappa shape index (κ1) is 22.6. The molecule has 2 amide bonds. The maximum atomic E-state index is 12.7. The van der Waals surface area contributed by atoms with E-state index in [1.807, 2.05) is 36.4 Å². The Bertz CT molecular complexity index is 1340. The maximum Gasteiger partial charge on any atom is 0.262 e. The highest BCUT2D eigenvalue weighted by Gasteiger charge is 2.14. The Kier molecular flexibility index (Phi) is 6.88. The lowest BCUT2D eigenvalue weighted by Gasteiger charge is -2.13. The highest BCUT2D eigenvalue weighted by atomic mass is 16.5. The van der Waals surface area contributed by atoms with Gasteiger partial charge in [0.2, 0.25) is 0 Å². The number of benzene rings is 3. The molecule has 0 atom stereocenters. The van der Waals surface area contributed by atoms with Crippen LogP contribution in [0.15, 0.2) is 79.0 Å². The average molecular weight is 457 g/mol. The van der Waals surface area contributed by atoms with E-state index in [1.54, 1.807) is 42.6 Å². The van der Waals surface area contributed by atoms with Crippen molar-refractivity contribution in [3.8, 4) is 17.2 Å². The van der Waals surface area contributed by atoms with Gasteiger partial charge in [0, 0.05) is 10.9 Å². The van der Waals surface area contributed by atoms with Crippen LogP contribution >= 0.6 is 0 Å². The van der Waals surface area contributed by atoms with E-state index in [9.17, 15) is 9.59 Å². The number of carbonyl (C=O) groups is 2. The first-order valence-corrected chi connectivity index (χ1v) is 10.5. The lowest BCUT2D eigenvalue weighted by molar-refractivity contribution is -0.118. The standard InChI is InChI=1S/C26H23N3O5/c1-32-22-10-6-5-9-21(22)29-25(30)16-34-23-12-11-18(14-24(23)33-2)26(31)28-19-13-17-7-3-4-8-20(17)27-15-19/h3-15H,16H2,1-2H3,(H,28,31)(H,29,30). The van der Waals surface area contributed by atoms with Crippen molar-refractivity contribution in [2.75, 3.05) is 31.5 Å². The molecule has 4 aromatic rings. The van der Waals surface area contributed by atoms with Gasteiger partial charge in [0.1, 0.15) is 5.75 Å². The summed E-state index contributed by atoms with van der Waals surface area (Å²) >= 11 is 0. The SMILES string of the molecule is COc1ccccc1NC(=O)COc1ccc(C(=O)Nc2cnc3ccccc3c2)cc1OC. The Morgan fingerprint density at radius 2 is 1.59 bits per heavy atom. The summed E-state index contributed by atoms with van der Waals surface area (Å²) in [6.07, 6.45) is 1.61. The number of nitrogens with zero attached hydrogens (tertiary/aromatic N) is 1. The minimum atomic E-state index is -0.364. The van der Waals surface area contributed by atoms with Crippen molar-refractivity contribution < 1.29 is 23.8 Å². The highest BCUT2D eigenvalue weighted by Crippen LogP contribution is 2.29. The summed E-state index contributed by atoms with van der Waals surface area (Å²) in [6, 6.07) is 21.3. The van der Waals surface area contributed by atoms with Gasteiger partial charge in [0.15, 0.2) is 18.1 Å². The van der Waals surface area contributed by atoms with Crippen LogP contribution in [0.2, 0.25) is 0 Å². The fraction of sp³-hybridized carbons (Fsp3) is 0.115. The Morgan fingerprint density at radius 3 is 2.41 bits per heavy atom. The van der Waals surface area contributed by atoms with E-state index in [1.165, 1.54) is 14.2 Å². The molecule has 0 saturated heterocycles. The van der Waals surface area contributed by atoms with Gasteiger partial charge in [0.05, 0.1) is 37.3 Å². The van der Waals surface area contributed by atoms with Gasteiger partial charge in [-0.25, -0.2) is 0 Å². The number of methoxy groups -OCH3 is 2. The zero-order valence-electron chi connectivity index (χ0n) is 18.7. The molecule has 2 N–H and O–H groups in total. The van der Waals surface area contributed by atoms with Crippen LogP contribution in [-0.2, 0) is 4.79 Å². The van der Waals surface area contributed by atoms with E-state index >= 15 is 0 Å². The number of ether oxygens (including phenoxy) is 3. The molecular weight excluding hydrogens is 434 g/mol. The Morgan fingerprint density at radius 1 is 0.824 bits per heavy atom. The molecule has 0 aliphatic rings. The summed E-state index contributed by atoms with van der Waals surface area (Å²) < 4.78 is 16.2. The molecule has 172 valence electrons. The Balaban J connectivity index is 1.41. The fourth-order valence-electron chi connectivity index (χ4n) is 3.35. The van der Waals surface area contributed by atoms with E-state index < -0.39 is 0 Å². The molecule has 34 heavy (non-hydrogen) atoms. The Hall–Kier alpha value is -4.59. The molecule has 4 rings (SSSR count). The lowest BCUT2D eigenvalue weighted by Crippen LogP contribution is -2.20. The third kappa shape index (κ3) is 5.24. The number of para-hydroxylation sites is 3. The van der Waals surface area contributed by atoms with Crippen LogP contribution in [-0.4, -0.2) is 37.6 Å². The van der Waals surface area contributed by atoms with Gasteiger partial charge < -0.3 is 24.8 Å². The minimum absolute atomic E-state index is 0.247. The van der Waals surface area contributed by atoms with Crippen LogP contribution in [0.25, 0.3) is 10.9 Å². The predicted molar refractivity (Wildman–Crippen MR) is 130 cm³/mol. The molecule has 3 aromatic carbocycles. The maximum absolute atomic E-state index is 12.7. The largest absolute Gasteiger partial charge is 0.495 e. The molecule has 0 spiro atoms. The topological polar surface area (TPSA) is 98.8 Å². The average Bonchev–Trinajstić information content (AvgIpc) is 2.87. The van der Waals surface area contributed by atoms with Crippen molar-refractivity contribution in [1.82, 2.24) is 4.98 Å². The first-order chi connectivity index (χ1) is 16.6. The van der Waals surface area contributed by atoms with Crippen LogP contribution in [0, 0.1) is 0 Å². The van der Waals surface area contributed by atoms with E-state index in [-0.39, 0.29) is 18.4 Å². The highest BCUT2D eigenvalue weighted by molar-refractivity contribution is 6.05. The van der Waals surface area contributed by atoms with E-state index in [0.29, 0.717) is 34.2 Å². The third-order valence-electron chi connectivity index (χ3n) is 5.01. The quantitative estimate of drug-likeness (QED) is 0.404. The number of pyridine rings is 1. The van der Waals surface area contributed by atoms with Crippen molar-refractivity contribution in [3.05, 3.63) is 84.6 Å². The molecule has 1 aromatic heterocycles. The summed E-state index contributed by atoms with van der Waals surface area (Å²) in [5, 5.41) is 6.50. The van der Waals surface area contributed by atoms with Crippen LogP contribution in [0.3, 0.4) is 0 Å². The second-order valence-corrected chi connectivity index (χ2v) is 7.27. The van der Waals surface area contributed by atoms with Crippen molar-refractivity contribution >= 4 is 34.1 Å². The number of amides is 2. The van der Waals surface area contributed by atoms with Crippen LogP contribution in [0.5, 0.6) is 17.2 Å². The van der Waals surface area contributed by atoms with Crippen molar-refractivity contribution in [3.63, 3.8) is 0 Å². The van der Waals surface area contributed by atoms with Gasteiger partial charge >= 0.3 is 0 Å². The molecule has 0 bridgehead atoms. The lowest BCUT2D eigenvalue weighted by atomic mass is 10.1. The number of hydrogen-bond acceptors (Lipinski definition) is 6. The molecular formula is C26H23N3O5. The summed E-state index contributed by atoms with van der Waals surface area (Å²) in [7, 11) is 2.99. The smallest absolute Gasteiger partial charge is 0.262 e. The van der Waals surface area contributed by atoms with Gasteiger partial charge in [-0.15, -0.1) is 0 Å². The van der Waals surface area contributed by atoms with Gasteiger partial charge in [-0.3, -0.25) is 14.6 Å². The molecule has 0 aliphatic carbocycles. The molecule has 0 fully saturated rings. The number of anilines is 2. The minimum Gasteiger partial charge on any atom is -0.495 e. The Labute approximate surface area is 196 Å². The first-order valence-electron chi connectivity index (χ1n) is 10.5. The zero-order chi connectivity index (χ0) is 23.9. The number of nitrogens with one attached hydrogen (secondary N) is 2. The monoisotopic (exact) mass is 457 g/mol. The van der Waals surface area contributed by atoms with Crippen molar-refractivity contribution in [1.29, 1.82) is 0 Å². The van der Waals surface area contributed by atoms with Crippen LogP contribution in [0.1, 0.15) is 10.4 Å². The predicted octanol–water partition coefficient (Wildman–Crippen LogP) is 4.52. The van der Waals surface area contributed by atoms with E-state index in [4.69, 9.17) is 14.2 Å². The number of carbonyl (C=O) groups excluding carboxylic acids is 2. The summed E-state index contributed by atoms with van der Waals surface area (Å²) in [4.78, 5) is 29.4. The zero-order valence-corrected chi connectivity index (χ0v) is 18.7. The number of fused-ring (bicyclic) bond motifs is 1. The van der Waals surface area contributed by atoms with Gasteiger partial charge in [0.25, 0.3) is 11.8 Å². The summed E-state index contributed by atoms with van der Waals surface area (Å²) in [5.41, 5.74) is 2.34. The number of rotatable bonds is 8. The van der Waals surface area contributed by atoms with Crippen LogP contribution in [0.4, 0.5) is 11.4 Å². The second-order valence-electron chi connectivity index (χ2n) is 7.27. The summed E-state index contributed by atoms with van der Waals surface area (Å²) in [5.74, 6) is 0.523. The van der Waals surface area contributed by atoms with E-state index in [2.05, 4.69) is 15.6 Å². The van der Waals surface area contributed by atoms with Gasteiger partial charge in [-0.1, -0.05) is 30.3 Å². The molecule has 8 heteroatoms. The molecule has 0 saturated carbocycles.